The molecule has 0 spiro atoms. The average Bonchev–Trinajstić information content (AvgIpc) is 1.88. The quantitative estimate of drug-likeness (QED) is 0.674. The summed E-state index contributed by atoms with van der Waals surface area (Å²) in [6, 6.07) is 6.14. The summed E-state index contributed by atoms with van der Waals surface area (Å²) < 4.78 is 0. The third-order valence-electron chi connectivity index (χ3n) is 1.07. The molecule has 0 radical (unpaired) electrons. The zero-order valence-corrected chi connectivity index (χ0v) is 7.92. The minimum Gasteiger partial charge on any atom is -1.00 e. The van der Waals surface area contributed by atoms with Crippen LogP contribution in [0.4, 0.5) is 0 Å². The van der Waals surface area contributed by atoms with Crippen LogP contribution < -0.4 is 0 Å². The van der Waals surface area contributed by atoms with Gasteiger partial charge in [-0.3, -0.25) is 0 Å². The van der Waals surface area contributed by atoms with Gasteiger partial charge in [0.25, 0.3) is 0 Å². The van der Waals surface area contributed by atoms with Crippen molar-refractivity contribution in [1.29, 1.82) is 0 Å². The Morgan fingerprint density at radius 1 is 1.55 bits per heavy atom. The van der Waals surface area contributed by atoms with Gasteiger partial charge in [0.15, 0.2) is 0 Å². The predicted octanol–water partition coefficient (Wildman–Crippen LogP) is 1.88. The van der Waals surface area contributed by atoms with Gasteiger partial charge < -0.3 is 7.96 Å². The molecule has 0 aromatic heterocycles. The van der Waals surface area contributed by atoms with Crippen LogP contribution in [0.5, 0.6) is 0 Å². The second-order valence-corrected chi connectivity index (χ2v) is 2.25. The standard InChI is InChI=1S/C7H5ClO2.Mg.2H/c8-6-3-1-2-5(4-6)7(9)10;;;/h1-4H,(H,9,10);;;/q;+2;2*-1. The Bertz CT molecular complexity index is 270. The fourth-order valence-corrected chi connectivity index (χ4v) is 0.812. The molecule has 11 heavy (non-hydrogen) atoms. The first-order valence-corrected chi connectivity index (χ1v) is 3.07. The van der Waals surface area contributed by atoms with E-state index >= 15 is 0 Å². The molecule has 0 unspecified atom stereocenters. The van der Waals surface area contributed by atoms with Gasteiger partial charge in [0.1, 0.15) is 0 Å². The van der Waals surface area contributed by atoms with Crippen LogP contribution in [0.25, 0.3) is 0 Å². The molecule has 0 fully saturated rings. The fraction of sp³-hybridized carbons (Fsp3) is 0. The summed E-state index contributed by atoms with van der Waals surface area (Å²) >= 11 is 5.53. The van der Waals surface area contributed by atoms with E-state index in [1.165, 1.54) is 12.1 Å². The van der Waals surface area contributed by atoms with E-state index in [9.17, 15) is 4.79 Å². The Balaban J connectivity index is -0.000000333. The molecule has 0 heterocycles. The summed E-state index contributed by atoms with van der Waals surface area (Å²) in [6.07, 6.45) is 0. The van der Waals surface area contributed by atoms with Gasteiger partial charge in [-0.15, -0.1) is 0 Å². The molecule has 0 bridgehead atoms. The van der Waals surface area contributed by atoms with E-state index in [1.807, 2.05) is 0 Å². The van der Waals surface area contributed by atoms with Crippen LogP contribution >= 0.6 is 11.6 Å². The van der Waals surface area contributed by atoms with Crippen molar-refractivity contribution >= 4 is 40.6 Å². The van der Waals surface area contributed by atoms with Gasteiger partial charge in [-0.2, -0.15) is 0 Å². The molecule has 0 saturated carbocycles. The molecule has 0 saturated heterocycles. The van der Waals surface area contributed by atoms with Gasteiger partial charge in [-0.25, -0.2) is 4.79 Å². The molecule has 0 aliphatic rings. The first kappa shape index (κ1) is 10.7. The van der Waals surface area contributed by atoms with E-state index < -0.39 is 5.97 Å². The van der Waals surface area contributed by atoms with Crippen molar-refractivity contribution in [2.75, 3.05) is 0 Å². The number of benzene rings is 1. The minimum atomic E-state index is -0.956. The molecule has 1 rings (SSSR count). The Hall–Kier alpha value is -0.254. The second kappa shape index (κ2) is 4.59. The first-order chi connectivity index (χ1) is 4.70. The number of rotatable bonds is 1. The van der Waals surface area contributed by atoms with Gasteiger partial charge >= 0.3 is 29.0 Å². The molecule has 1 N–H and O–H groups in total. The van der Waals surface area contributed by atoms with Crippen molar-refractivity contribution in [3.05, 3.63) is 34.9 Å². The zero-order chi connectivity index (χ0) is 7.56. The van der Waals surface area contributed by atoms with Crippen molar-refractivity contribution in [2.24, 2.45) is 0 Å². The molecule has 0 amide bonds. The van der Waals surface area contributed by atoms with Crippen molar-refractivity contribution in [2.45, 2.75) is 0 Å². The number of halogens is 1. The summed E-state index contributed by atoms with van der Waals surface area (Å²) in [4.78, 5) is 10.3. The molecule has 0 aliphatic carbocycles. The summed E-state index contributed by atoms with van der Waals surface area (Å²) in [5.41, 5.74) is 0.215. The molecule has 0 aliphatic heterocycles. The Labute approximate surface area is 88.3 Å². The van der Waals surface area contributed by atoms with Crippen LogP contribution in [-0.2, 0) is 0 Å². The van der Waals surface area contributed by atoms with E-state index in [4.69, 9.17) is 16.7 Å². The van der Waals surface area contributed by atoms with Gasteiger partial charge in [0, 0.05) is 5.02 Å². The maximum atomic E-state index is 10.3. The molecule has 2 nitrogen and oxygen atoms in total. The van der Waals surface area contributed by atoms with Crippen LogP contribution in [0.3, 0.4) is 0 Å². The topological polar surface area (TPSA) is 37.3 Å². The SMILES string of the molecule is O=C(O)c1cccc(Cl)c1.[H-].[H-].[Mg+2]. The number of carboxylic acids is 1. The molecule has 4 heteroatoms. The zero-order valence-electron chi connectivity index (χ0n) is 7.75. The van der Waals surface area contributed by atoms with Crippen molar-refractivity contribution in [1.82, 2.24) is 0 Å². The third-order valence-corrected chi connectivity index (χ3v) is 1.31. The van der Waals surface area contributed by atoms with Gasteiger partial charge in [-0.1, -0.05) is 17.7 Å². The smallest absolute Gasteiger partial charge is 1.00 e. The normalized spacial score (nSPS) is 8.45. The summed E-state index contributed by atoms with van der Waals surface area (Å²) in [6.45, 7) is 0. The van der Waals surface area contributed by atoms with Gasteiger partial charge in [0.05, 0.1) is 5.56 Å². The Morgan fingerprint density at radius 2 is 2.18 bits per heavy atom. The monoisotopic (exact) mass is 182 g/mol. The third kappa shape index (κ3) is 3.09. The summed E-state index contributed by atoms with van der Waals surface area (Å²) in [7, 11) is 0. The number of aromatic carboxylic acids is 1. The van der Waals surface area contributed by atoms with Crippen molar-refractivity contribution < 1.29 is 12.8 Å². The van der Waals surface area contributed by atoms with Gasteiger partial charge in [-0.05, 0) is 18.2 Å². The molecular formula is C7H7ClMgO2. The first-order valence-electron chi connectivity index (χ1n) is 2.69. The van der Waals surface area contributed by atoms with Crippen LogP contribution in [0.1, 0.15) is 13.2 Å². The molecule has 0 atom stereocenters. The minimum absolute atomic E-state index is 0. The number of hydrogen-bond donors (Lipinski definition) is 1. The van der Waals surface area contributed by atoms with Crippen LogP contribution in [0, 0.1) is 0 Å². The number of carboxylic acid groups (broad SMARTS) is 1. The van der Waals surface area contributed by atoms with Gasteiger partial charge in [0.2, 0.25) is 0 Å². The molecular weight excluding hydrogens is 176 g/mol. The van der Waals surface area contributed by atoms with E-state index in [1.54, 1.807) is 12.1 Å². The summed E-state index contributed by atoms with van der Waals surface area (Å²) in [5.74, 6) is -0.956. The molecule has 1 aromatic rings. The Morgan fingerprint density at radius 3 is 2.55 bits per heavy atom. The molecule has 1 aromatic carbocycles. The Kier molecular flexibility index (Phi) is 4.48. The number of carbonyl (C=O) groups is 1. The van der Waals surface area contributed by atoms with E-state index in [0.717, 1.165) is 0 Å². The predicted molar refractivity (Wildman–Crippen MR) is 46.4 cm³/mol. The van der Waals surface area contributed by atoms with Crippen molar-refractivity contribution in [3.63, 3.8) is 0 Å². The van der Waals surface area contributed by atoms with E-state index in [-0.39, 0.29) is 31.5 Å². The maximum absolute atomic E-state index is 10.3. The second-order valence-electron chi connectivity index (χ2n) is 1.82. The molecule has 56 valence electrons. The van der Waals surface area contributed by atoms with E-state index in [2.05, 4.69) is 0 Å². The maximum Gasteiger partial charge on any atom is 2.00 e. The van der Waals surface area contributed by atoms with Crippen LogP contribution in [-0.4, -0.2) is 34.1 Å². The fourth-order valence-electron chi connectivity index (χ4n) is 0.622. The van der Waals surface area contributed by atoms with Crippen LogP contribution in [0.15, 0.2) is 24.3 Å². The van der Waals surface area contributed by atoms with Crippen LogP contribution in [0.2, 0.25) is 5.02 Å². The largest absolute Gasteiger partial charge is 2.00 e. The average molecular weight is 183 g/mol. The van der Waals surface area contributed by atoms with E-state index in [0.29, 0.717) is 5.02 Å². The van der Waals surface area contributed by atoms with Crippen molar-refractivity contribution in [3.8, 4) is 0 Å². The number of hydrogen-bond acceptors (Lipinski definition) is 1. The summed E-state index contributed by atoms with van der Waals surface area (Å²) in [5, 5.41) is 8.89.